The van der Waals surface area contributed by atoms with E-state index in [0.29, 0.717) is 12.2 Å². The molecule has 1 aromatic heterocycles. The summed E-state index contributed by atoms with van der Waals surface area (Å²) in [6.45, 7) is 0.528. The monoisotopic (exact) mass is 283 g/mol. The molecule has 2 aromatic rings. The molecule has 1 amide bonds. The Morgan fingerprint density at radius 2 is 1.90 bits per heavy atom. The topological polar surface area (TPSA) is 68.0 Å². The van der Waals surface area contributed by atoms with Crippen LogP contribution in [0, 0.1) is 0 Å². The average Bonchev–Trinajstić information content (AvgIpc) is 2.53. The van der Waals surface area contributed by atoms with Crippen LogP contribution in [0.4, 0.5) is 0 Å². The van der Waals surface area contributed by atoms with Gasteiger partial charge in [0.05, 0.1) is 5.52 Å². The van der Waals surface area contributed by atoms with Crippen molar-refractivity contribution in [3.63, 3.8) is 0 Å². The van der Waals surface area contributed by atoms with Crippen LogP contribution >= 0.6 is 0 Å². The molecule has 1 saturated carbocycles. The molecule has 4 heteroatoms. The van der Waals surface area contributed by atoms with Crippen molar-refractivity contribution < 1.29 is 4.79 Å². The maximum Gasteiger partial charge on any atom is 0.269 e. The van der Waals surface area contributed by atoms with Crippen LogP contribution in [0.2, 0.25) is 0 Å². The second-order valence-electron chi connectivity index (χ2n) is 5.99. The largest absolute Gasteiger partial charge is 0.349 e. The summed E-state index contributed by atoms with van der Waals surface area (Å²) < 4.78 is 0. The summed E-state index contributed by atoms with van der Waals surface area (Å²) in [6.07, 6.45) is 5.52. The molecule has 1 aromatic carbocycles. The van der Waals surface area contributed by atoms with Crippen molar-refractivity contribution in [1.82, 2.24) is 10.3 Å². The highest BCUT2D eigenvalue weighted by Gasteiger charge is 2.27. The van der Waals surface area contributed by atoms with Gasteiger partial charge in [0.25, 0.3) is 5.91 Å². The molecule has 1 aliphatic carbocycles. The van der Waals surface area contributed by atoms with Crippen LogP contribution in [0.3, 0.4) is 0 Å². The molecule has 0 spiro atoms. The van der Waals surface area contributed by atoms with Gasteiger partial charge in [0, 0.05) is 17.5 Å². The quantitative estimate of drug-likeness (QED) is 0.910. The maximum absolute atomic E-state index is 12.2. The molecule has 0 unspecified atom stereocenters. The summed E-state index contributed by atoms with van der Waals surface area (Å²) in [7, 11) is 0. The number of rotatable bonds is 3. The summed E-state index contributed by atoms with van der Waals surface area (Å²) in [4.78, 5) is 16.7. The Bertz CT molecular complexity index is 647. The molecule has 4 nitrogen and oxygen atoms in total. The minimum absolute atomic E-state index is 0.142. The summed E-state index contributed by atoms with van der Waals surface area (Å²) >= 11 is 0. The van der Waals surface area contributed by atoms with Crippen LogP contribution in [0.25, 0.3) is 10.9 Å². The summed E-state index contributed by atoms with van der Waals surface area (Å²) in [5, 5.41) is 3.99. The minimum atomic E-state index is -0.245. The number of nitrogens with one attached hydrogen (secondary N) is 1. The number of para-hydroxylation sites is 1. The molecule has 0 aliphatic heterocycles. The van der Waals surface area contributed by atoms with Crippen molar-refractivity contribution in [2.75, 3.05) is 6.54 Å². The van der Waals surface area contributed by atoms with E-state index >= 15 is 0 Å². The number of aromatic nitrogens is 1. The van der Waals surface area contributed by atoms with Crippen LogP contribution in [0.1, 0.15) is 42.6 Å². The normalized spacial score (nSPS) is 17.6. The second-order valence-corrected chi connectivity index (χ2v) is 5.99. The predicted molar refractivity (Wildman–Crippen MR) is 84.1 cm³/mol. The number of fused-ring (bicyclic) bond motifs is 1. The van der Waals surface area contributed by atoms with Gasteiger partial charge < -0.3 is 11.1 Å². The number of amides is 1. The molecule has 0 atom stereocenters. The summed E-state index contributed by atoms with van der Waals surface area (Å²) in [5.41, 5.74) is 7.39. The van der Waals surface area contributed by atoms with Crippen molar-refractivity contribution in [3.8, 4) is 0 Å². The lowest BCUT2D eigenvalue weighted by molar-refractivity contribution is 0.0933. The first-order chi connectivity index (χ1) is 10.2. The van der Waals surface area contributed by atoms with E-state index in [1.54, 1.807) is 6.07 Å². The molecule has 1 aliphatic rings. The predicted octanol–water partition coefficient (Wildman–Crippen LogP) is 2.63. The molecule has 21 heavy (non-hydrogen) atoms. The molecular weight excluding hydrogens is 262 g/mol. The molecule has 3 N–H and O–H groups in total. The number of hydrogen-bond donors (Lipinski definition) is 2. The van der Waals surface area contributed by atoms with Gasteiger partial charge in [-0.05, 0) is 25.0 Å². The fourth-order valence-corrected chi connectivity index (χ4v) is 2.97. The highest BCUT2D eigenvalue weighted by atomic mass is 16.1. The molecule has 1 fully saturated rings. The van der Waals surface area contributed by atoms with E-state index in [0.717, 1.165) is 36.6 Å². The zero-order valence-corrected chi connectivity index (χ0v) is 12.1. The van der Waals surface area contributed by atoms with Crippen LogP contribution in [0.15, 0.2) is 36.4 Å². The van der Waals surface area contributed by atoms with Crippen LogP contribution < -0.4 is 11.1 Å². The molecule has 0 saturated heterocycles. The van der Waals surface area contributed by atoms with E-state index in [9.17, 15) is 4.79 Å². The van der Waals surface area contributed by atoms with Gasteiger partial charge in [0.2, 0.25) is 0 Å². The van der Waals surface area contributed by atoms with Gasteiger partial charge in [-0.3, -0.25) is 4.79 Å². The van der Waals surface area contributed by atoms with E-state index in [-0.39, 0.29) is 11.4 Å². The first-order valence-corrected chi connectivity index (χ1v) is 7.59. The highest BCUT2D eigenvalue weighted by Crippen LogP contribution is 2.25. The number of hydrogen-bond acceptors (Lipinski definition) is 3. The van der Waals surface area contributed by atoms with Crippen LogP contribution in [0.5, 0.6) is 0 Å². The van der Waals surface area contributed by atoms with E-state index in [4.69, 9.17) is 5.73 Å². The van der Waals surface area contributed by atoms with Gasteiger partial charge in [0.15, 0.2) is 0 Å². The third kappa shape index (κ3) is 3.22. The lowest BCUT2D eigenvalue weighted by Gasteiger charge is -2.33. The Hall–Kier alpha value is -1.94. The molecule has 1 heterocycles. The van der Waals surface area contributed by atoms with Gasteiger partial charge in [-0.1, -0.05) is 43.5 Å². The van der Waals surface area contributed by atoms with E-state index in [1.807, 2.05) is 30.3 Å². The van der Waals surface area contributed by atoms with Crippen molar-refractivity contribution >= 4 is 16.8 Å². The SMILES string of the molecule is NC1(CNC(=O)c2ccc3ccccc3n2)CCCCC1. The van der Waals surface area contributed by atoms with Crippen molar-refractivity contribution in [3.05, 3.63) is 42.1 Å². The van der Waals surface area contributed by atoms with Gasteiger partial charge in [-0.2, -0.15) is 0 Å². The molecule has 110 valence electrons. The Morgan fingerprint density at radius 1 is 1.14 bits per heavy atom. The Labute approximate surface area is 124 Å². The number of carbonyl (C=O) groups excluding carboxylic acids is 1. The van der Waals surface area contributed by atoms with Gasteiger partial charge in [-0.25, -0.2) is 4.98 Å². The summed E-state index contributed by atoms with van der Waals surface area (Å²) in [5.74, 6) is -0.142. The van der Waals surface area contributed by atoms with Crippen LogP contribution in [-0.2, 0) is 0 Å². The zero-order chi connectivity index (χ0) is 14.7. The second kappa shape index (κ2) is 5.82. The number of nitrogens with zero attached hydrogens (tertiary/aromatic N) is 1. The van der Waals surface area contributed by atoms with Gasteiger partial charge >= 0.3 is 0 Å². The van der Waals surface area contributed by atoms with Crippen LogP contribution in [-0.4, -0.2) is 23.0 Å². The lowest BCUT2D eigenvalue weighted by Crippen LogP contribution is -2.51. The van der Waals surface area contributed by atoms with E-state index in [1.165, 1.54) is 6.42 Å². The Morgan fingerprint density at radius 3 is 2.71 bits per heavy atom. The third-order valence-corrected chi connectivity index (χ3v) is 4.28. The maximum atomic E-state index is 12.2. The standard InChI is InChI=1S/C17H21N3O/c18-17(10-4-1-5-11-17)12-19-16(21)15-9-8-13-6-2-3-7-14(13)20-15/h2-3,6-9H,1,4-5,10-12,18H2,(H,19,21). The van der Waals surface area contributed by atoms with E-state index in [2.05, 4.69) is 10.3 Å². The summed E-state index contributed by atoms with van der Waals surface area (Å²) in [6, 6.07) is 11.5. The molecule has 0 bridgehead atoms. The van der Waals surface area contributed by atoms with Crippen molar-refractivity contribution in [2.24, 2.45) is 5.73 Å². The smallest absolute Gasteiger partial charge is 0.269 e. The number of carbonyl (C=O) groups is 1. The lowest BCUT2D eigenvalue weighted by atomic mass is 9.82. The fraction of sp³-hybridized carbons (Fsp3) is 0.412. The molecule has 3 rings (SSSR count). The first-order valence-electron chi connectivity index (χ1n) is 7.59. The van der Waals surface area contributed by atoms with Gasteiger partial charge in [-0.15, -0.1) is 0 Å². The first kappa shape index (κ1) is 14.0. The highest BCUT2D eigenvalue weighted by molar-refractivity contribution is 5.94. The zero-order valence-electron chi connectivity index (χ0n) is 12.1. The number of nitrogens with two attached hydrogens (primary N) is 1. The third-order valence-electron chi connectivity index (χ3n) is 4.28. The van der Waals surface area contributed by atoms with E-state index < -0.39 is 0 Å². The molecule has 0 radical (unpaired) electrons. The number of pyridine rings is 1. The average molecular weight is 283 g/mol. The minimum Gasteiger partial charge on any atom is -0.349 e. The Kier molecular flexibility index (Phi) is 3.88. The van der Waals surface area contributed by atoms with Gasteiger partial charge in [0.1, 0.15) is 5.69 Å². The fourth-order valence-electron chi connectivity index (χ4n) is 2.97. The van der Waals surface area contributed by atoms with Crippen molar-refractivity contribution in [1.29, 1.82) is 0 Å². The number of benzene rings is 1. The Balaban J connectivity index is 1.69. The van der Waals surface area contributed by atoms with Crippen molar-refractivity contribution in [2.45, 2.75) is 37.6 Å². The molecular formula is C17H21N3O.